The van der Waals surface area contributed by atoms with Crippen LogP contribution in [0.2, 0.25) is 5.02 Å². The topological polar surface area (TPSA) is 96.5 Å². The third-order valence-corrected chi connectivity index (χ3v) is 7.87. The van der Waals surface area contributed by atoms with E-state index >= 15 is 0 Å². The van der Waals surface area contributed by atoms with Crippen LogP contribution in [0, 0.1) is 6.92 Å². The molecule has 7 rings (SSSR count). The number of halogens is 1. The minimum atomic E-state index is -0.373. The fourth-order valence-corrected chi connectivity index (χ4v) is 5.87. The minimum absolute atomic E-state index is 0.0622. The van der Waals surface area contributed by atoms with Gasteiger partial charge in [-0.15, -0.1) is 0 Å². The van der Waals surface area contributed by atoms with Gasteiger partial charge >= 0.3 is 0 Å². The van der Waals surface area contributed by atoms with E-state index in [0.29, 0.717) is 34.0 Å². The highest BCUT2D eigenvalue weighted by atomic mass is 35.5. The van der Waals surface area contributed by atoms with Crippen molar-refractivity contribution in [2.45, 2.75) is 13.0 Å². The molecule has 43 heavy (non-hydrogen) atoms. The zero-order valence-electron chi connectivity index (χ0n) is 23.6. The molecule has 9 nitrogen and oxygen atoms in total. The van der Waals surface area contributed by atoms with Crippen molar-refractivity contribution in [2.24, 2.45) is 9.98 Å². The summed E-state index contributed by atoms with van der Waals surface area (Å²) in [5.41, 5.74) is 5.93. The summed E-state index contributed by atoms with van der Waals surface area (Å²) in [6.45, 7) is 1.99. The zero-order chi connectivity index (χ0) is 29.7. The number of aliphatic imine (C=N–C) groups is 2. The van der Waals surface area contributed by atoms with Gasteiger partial charge in [-0.2, -0.15) is 5.10 Å². The maximum Gasteiger partial charge on any atom is 0.179 e. The Morgan fingerprint density at radius 1 is 0.860 bits per heavy atom. The maximum absolute atomic E-state index is 10.5. The van der Waals surface area contributed by atoms with Crippen molar-refractivity contribution in [2.75, 3.05) is 24.4 Å². The van der Waals surface area contributed by atoms with Gasteiger partial charge in [0, 0.05) is 11.3 Å². The summed E-state index contributed by atoms with van der Waals surface area (Å²) in [6, 6.07) is 28.4. The first-order valence-electron chi connectivity index (χ1n) is 13.6. The molecule has 5 aromatic rings. The molecule has 2 aliphatic heterocycles. The van der Waals surface area contributed by atoms with Gasteiger partial charge in [-0.1, -0.05) is 48.0 Å². The molecule has 0 fully saturated rings. The quantitative estimate of drug-likeness (QED) is 0.222. The van der Waals surface area contributed by atoms with E-state index in [9.17, 15) is 5.11 Å². The van der Waals surface area contributed by atoms with Crippen LogP contribution in [0.3, 0.4) is 0 Å². The predicted molar refractivity (Wildman–Crippen MR) is 170 cm³/mol. The fraction of sp³-hybridized carbons (Fsp3) is 0.121. The van der Waals surface area contributed by atoms with E-state index in [0.717, 1.165) is 39.6 Å². The number of amidine groups is 2. The van der Waals surface area contributed by atoms with Crippen molar-refractivity contribution in [3.63, 3.8) is 0 Å². The van der Waals surface area contributed by atoms with Gasteiger partial charge in [-0.05, 0) is 67.1 Å². The van der Waals surface area contributed by atoms with E-state index in [-0.39, 0.29) is 11.8 Å². The Labute approximate surface area is 253 Å². The van der Waals surface area contributed by atoms with Crippen molar-refractivity contribution in [3.05, 3.63) is 113 Å². The Balaban J connectivity index is 1.48. The lowest BCUT2D eigenvalue weighted by atomic mass is 9.93. The number of nitrogens with zero attached hydrogens (tertiary/aromatic N) is 5. The molecular weight excluding hydrogens is 564 g/mol. The Kier molecular flexibility index (Phi) is 6.51. The summed E-state index contributed by atoms with van der Waals surface area (Å²) < 4.78 is 12.7. The van der Waals surface area contributed by atoms with Crippen LogP contribution in [0.5, 0.6) is 17.2 Å². The highest BCUT2D eigenvalue weighted by Gasteiger charge is 2.41. The van der Waals surface area contributed by atoms with Crippen LogP contribution in [0.4, 0.5) is 22.9 Å². The second-order valence-corrected chi connectivity index (χ2v) is 10.5. The number of hydrogen-bond donors (Lipinski definition) is 2. The smallest absolute Gasteiger partial charge is 0.179 e. The molecular formula is C33H27ClN6O3. The maximum atomic E-state index is 10.5. The first-order chi connectivity index (χ1) is 21.0. The molecule has 4 aromatic carbocycles. The van der Waals surface area contributed by atoms with Crippen LogP contribution < -0.4 is 19.7 Å². The molecule has 3 heterocycles. The van der Waals surface area contributed by atoms with Crippen LogP contribution in [0.1, 0.15) is 22.9 Å². The summed E-state index contributed by atoms with van der Waals surface area (Å²) >= 11 is 6.48. The second kappa shape index (κ2) is 10.5. The van der Waals surface area contributed by atoms with E-state index in [2.05, 4.69) is 10.2 Å². The van der Waals surface area contributed by atoms with E-state index in [1.54, 1.807) is 32.4 Å². The lowest BCUT2D eigenvalue weighted by Gasteiger charge is -2.40. The third-order valence-electron chi connectivity index (χ3n) is 7.57. The molecule has 0 saturated heterocycles. The molecule has 0 spiro atoms. The van der Waals surface area contributed by atoms with Gasteiger partial charge in [-0.3, -0.25) is 0 Å². The van der Waals surface area contributed by atoms with Gasteiger partial charge in [0.2, 0.25) is 0 Å². The average Bonchev–Trinajstić information content (AvgIpc) is 3.36. The molecule has 1 aromatic heterocycles. The fourth-order valence-electron chi connectivity index (χ4n) is 5.61. The van der Waals surface area contributed by atoms with Gasteiger partial charge in [0.1, 0.15) is 5.75 Å². The van der Waals surface area contributed by atoms with Crippen molar-refractivity contribution in [3.8, 4) is 22.9 Å². The largest absolute Gasteiger partial charge is 0.504 e. The number of hydrogen-bond acceptors (Lipinski definition) is 8. The summed E-state index contributed by atoms with van der Waals surface area (Å²) in [5.74, 6) is 2.85. The molecule has 1 atom stereocenters. The number of aromatic nitrogens is 2. The minimum Gasteiger partial charge on any atom is -0.504 e. The highest BCUT2D eigenvalue weighted by molar-refractivity contribution is 6.51. The molecule has 2 aliphatic rings. The Morgan fingerprint density at radius 2 is 1.63 bits per heavy atom. The molecule has 0 amide bonds. The predicted octanol–water partition coefficient (Wildman–Crippen LogP) is 7.35. The lowest BCUT2D eigenvalue weighted by molar-refractivity contribution is 0.372. The monoisotopic (exact) mass is 590 g/mol. The number of benzene rings is 4. The number of nitrogens with one attached hydrogen (secondary N) is 1. The van der Waals surface area contributed by atoms with Crippen molar-refractivity contribution in [1.29, 1.82) is 0 Å². The lowest BCUT2D eigenvalue weighted by Crippen LogP contribution is -2.46. The highest BCUT2D eigenvalue weighted by Crippen LogP contribution is 2.49. The molecule has 0 radical (unpaired) electrons. The number of aryl methyl sites for hydroxylation is 1. The standard InChI is InChI=1S/C33H27ClN6O3/c1-19-29-30(20-13-15-26(41)28(17-20)43-3)39-25-12-8-7-11-24(25)36-31(35-21-14-16-27(42-2)23(34)18-21)33(39)37-32(29)40(38-19)22-9-5-4-6-10-22/h4-18,30,41H,1-3H3,(H,35,36)/t30-/m0/s1. The number of rotatable bonds is 5. The first-order valence-corrected chi connectivity index (χ1v) is 14.0. The molecule has 10 heteroatoms. The SMILES string of the molecule is COc1cc([C@H]2c3c(C)nn(-c4ccccc4)c3N=C3C(Nc4ccc(OC)c(Cl)c4)=Nc4ccccc4N32)ccc1O. The Morgan fingerprint density at radius 3 is 2.40 bits per heavy atom. The molecule has 0 saturated carbocycles. The van der Waals surface area contributed by atoms with Crippen LogP contribution in [-0.4, -0.2) is 40.8 Å². The summed E-state index contributed by atoms with van der Waals surface area (Å²) in [7, 11) is 3.13. The number of phenolic OH excluding ortho intramolecular Hbond substituents is 1. The van der Waals surface area contributed by atoms with Crippen LogP contribution >= 0.6 is 11.6 Å². The first kappa shape index (κ1) is 26.6. The number of anilines is 2. The number of para-hydroxylation sites is 3. The van der Waals surface area contributed by atoms with Crippen LogP contribution in [0.25, 0.3) is 5.69 Å². The van der Waals surface area contributed by atoms with Gasteiger partial charge < -0.3 is 24.8 Å². The number of methoxy groups -OCH3 is 2. The number of phenols is 1. The van der Waals surface area contributed by atoms with Crippen molar-refractivity contribution < 1.29 is 14.6 Å². The Bertz CT molecular complexity index is 1930. The van der Waals surface area contributed by atoms with Crippen molar-refractivity contribution >= 4 is 46.2 Å². The van der Waals surface area contributed by atoms with E-state index in [4.69, 9.17) is 36.2 Å². The van der Waals surface area contributed by atoms with E-state index in [1.165, 1.54) is 0 Å². The van der Waals surface area contributed by atoms with Gasteiger partial charge in [0.25, 0.3) is 0 Å². The van der Waals surface area contributed by atoms with Crippen LogP contribution in [0.15, 0.2) is 101 Å². The van der Waals surface area contributed by atoms with E-state index in [1.807, 2.05) is 84.4 Å². The van der Waals surface area contributed by atoms with E-state index < -0.39 is 0 Å². The second-order valence-electron chi connectivity index (χ2n) is 10.1. The zero-order valence-corrected chi connectivity index (χ0v) is 24.4. The van der Waals surface area contributed by atoms with Crippen LogP contribution in [-0.2, 0) is 0 Å². The normalized spacial score (nSPS) is 15.1. The summed E-state index contributed by atoms with van der Waals surface area (Å²) in [6.07, 6.45) is 0. The molecule has 2 N–H and O–H groups in total. The summed E-state index contributed by atoms with van der Waals surface area (Å²) in [5, 5.41) is 19.4. The van der Waals surface area contributed by atoms with Gasteiger partial charge in [-0.25, -0.2) is 14.7 Å². The number of fused-ring (bicyclic) bond motifs is 4. The molecule has 0 aliphatic carbocycles. The number of ether oxygens (including phenoxy) is 2. The summed E-state index contributed by atoms with van der Waals surface area (Å²) in [4.78, 5) is 12.4. The molecule has 214 valence electrons. The van der Waals surface area contributed by atoms with Crippen molar-refractivity contribution in [1.82, 2.24) is 9.78 Å². The van der Waals surface area contributed by atoms with Gasteiger partial charge in [0.15, 0.2) is 29.0 Å². The number of aromatic hydroxyl groups is 1. The molecule has 0 bridgehead atoms. The third kappa shape index (κ3) is 4.45. The molecule has 0 unspecified atom stereocenters. The van der Waals surface area contributed by atoms with Gasteiger partial charge in [0.05, 0.1) is 48.0 Å². The Hall–Kier alpha value is -5.28. The average molecular weight is 591 g/mol.